The van der Waals surface area contributed by atoms with Gasteiger partial charge < -0.3 is 10.5 Å². The second-order valence-corrected chi connectivity index (χ2v) is 6.39. The Labute approximate surface area is 122 Å². The van der Waals surface area contributed by atoms with Gasteiger partial charge in [0.15, 0.2) is 0 Å². The normalized spacial score (nSPS) is 11.4. The number of ether oxygens (including phenoxy) is 1. The van der Waals surface area contributed by atoms with Crippen molar-refractivity contribution in [1.82, 2.24) is 4.72 Å². The molecular formula is C12H17BrN2O3S. The quantitative estimate of drug-likeness (QED) is 0.427. The molecule has 0 aliphatic carbocycles. The van der Waals surface area contributed by atoms with Crippen LogP contribution in [0.3, 0.4) is 0 Å². The highest BCUT2D eigenvalue weighted by molar-refractivity contribution is 9.10. The van der Waals surface area contributed by atoms with Gasteiger partial charge in [-0.2, -0.15) is 0 Å². The summed E-state index contributed by atoms with van der Waals surface area (Å²) >= 11 is 3.20. The zero-order valence-electron chi connectivity index (χ0n) is 10.4. The smallest absolute Gasteiger partial charge is 0.240 e. The van der Waals surface area contributed by atoms with Crippen LogP contribution in [0.25, 0.3) is 0 Å². The summed E-state index contributed by atoms with van der Waals surface area (Å²) < 4.78 is 32.1. The van der Waals surface area contributed by atoms with Crippen LogP contribution in [-0.2, 0) is 14.8 Å². The monoisotopic (exact) mass is 348 g/mol. The fourth-order valence-electron chi connectivity index (χ4n) is 1.28. The number of hydrogen-bond donors (Lipinski definition) is 2. The summed E-state index contributed by atoms with van der Waals surface area (Å²) in [4.78, 5) is 0.166. The number of nitrogens with one attached hydrogen (secondary N) is 1. The molecule has 0 saturated carbocycles. The summed E-state index contributed by atoms with van der Waals surface area (Å²) in [7, 11) is -3.53. The Morgan fingerprint density at radius 1 is 1.42 bits per heavy atom. The Hall–Kier alpha value is -0.890. The molecule has 0 fully saturated rings. The zero-order valence-corrected chi connectivity index (χ0v) is 12.8. The molecular weight excluding hydrogens is 332 g/mol. The van der Waals surface area contributed by atoms with E-state index >= 15 is 0 Å². The van der Waals surface area contributed by atoms with Crippen LogP contribution in [0.5, 0.6) is 0 Å². The van der Waals surface area contributed by atoms with Crippen molar-refractivity contribution in [1.29, 1.82) is 0 Å². The van der Waals surface area contributed by atoms with Crippen LogP contribution in [-0.4, -0.2) is 28.2 Å². The van der Waals surface area contributed by atoms with Gasteiger partial charge in [0, 0.05) is 16.7 Å². The third-order valence-electron chi connectivity index (χ3n) is 2.29. The van der Waals surface area contributed by atoms with Crippen LogP contribution in [0.1, 0.15) is 6.42 Å². The average Bonchev–Trinajstić information content (AvgIpc) is 2.36. The molecule has 0 atom stereocenters. The molecule has 1 aromatic carbocycles. The van der Waals surface area contributed by atoms with E-state index in [0.29, 0.717) is 23.4 Å². The van der Waals surface area contributed by atoms with Crippen molar-refractivity contribution in [2.45, 2.75) is 11.3 Å². The first-order valence-electron chi connectivity index (χ1n) is 5.70. The zero-order chi connectivity index (χ0) is 14.3. The predicted octanol–water partition coefficient (Wildman–Crippen LogP) is 1.90. The molecule has 3 N–H and O–H groups in total. The minimum absolute atomic E-state index is 0.166. The van der Waals surface area contributed by atoms with Gasteiger partial charge in [0.1, 0.15) is 0 Å². The molecule has 0 heterocycles. The van der Waals surface area contributed by atoms with E-state index in [4.69, 9.17) is 10.5 Å². The van der Waals surface area contributed by atoms with Crippen molar-refractivity contribution in [3.05, 3.63) is 35.3 Å². The van der Waals surface area contributed by atoms with Gasteiger partial charge in [-0.25, -0.2) is 13.1 Å². The second-order valence-electron chi connectivity index (χ2n) is 3.77. The molecule has 19 heavy (non-hydrogen) atoms. The number of nitrogens with two attached hydrogens (primary N) is 1. The number of rotatable bonds is 8. The highest BCUT2D eigenvalue weighted by Crippen LogP contribution is 2.22. The maximum atomic E-state index is 11.9. The molecule has 0 spiro atoms. The molecule has 0 unspecified atom stereocenters. The van der Waals surface area contributed by atoms with Gasteiger partial charge in [0.05, 0.1) is 18.1 Å². The fraction of sp³-hybridized carbons (Fsp3) is 0.333. The maximum absolute atomic E-state index is 11.9. The summed E-state index contributed by atoms with van der Waals surface area (Å²) in [6, 6.07) is 4.47. The second kappa shape index (κ2) is 7.64. The average molecular weight is 349 g/mol. The maximum Gasteiger partial charge on any atom is 0.240 e. The standard InChI is InChI=1S/C12H17BrN2O3S/c1-2-3-7-18-8-6-15-19(16,17)10-4-5-12(14)11(13)9-10/h2,4-5,9,15H,1,3,6-8,14H2. The molecule has 5 nitrogen and oxygen atoms in total. The van der Waals surface area contributed by atoms with Crippen LogP contribution in [0.4, 0.5) is 5.69 Å². The van der Waals surface area contributed by atoms with Gasteiger partial charge in [0.2, 0.25) is 10.0 Å². The number of hydrogen-bond acceptors (Lipinski definition) is 4. The van der Waals surface area contributed by atoms with Crippen LogP contribution in [0.2, 0.25) is 0 Å². The molecule has 0 aromatic heterocycles. The number of sulfonamides is 1. The molecule has 0 radical (unpaired) electrons. The van der Waals surface area contributed by atoms with Gasteiger partial charge in [-0.05, 0) is 40.5 Å². The first-order chi connectivity index (χ1) is 8.97. The molecule has 0 aliphatic rings. The van der Waals surface area contributed by atoms with E-state index in [1.54, 1.807) is 12.1 Å². The van der Waals surface area contributed by atoms with Crippen LogP contribution in [0.15, 0.2) is 40.2 Å². The third kappa shape index (κ3) is 5.32. The molecule has 0 saturated heterocycles. The van der Waals surface area contributed by atoms with Crippen LogP contribution < -0.4 is 10.5 Å². The van der Waals surface area contributed by atoms with Crippen molar-refractivity contribution in [3.63, 3.8) is 0 Å². The Kier molecular flexibility index (Phi) is 6.50. The van der Waals surface area contributed by atoms with Gasteiger partial charge in [-0.3, -0.25) is 0 Å². The van der Waals surface area contributed by atoms with E-state index < -0.39 is 10.0 Å². The summed E-state index contributed by atoms with van der Waals surface area (Å²) in [5.74, 6) is 0. The van der Waals surface area contributed by atoms with Crippen molar-refractivity contribution >= 4 is 31.6 Å². The Bertz CT molecular complexity index is 532. The Morgan fingerprint density at radius 3 is 2.79 bits per heavy atom. The van der Waals surface area contributed by atoms with E-state index in [1.807, 2.05) is 0 Å². The molecule has 0 amide bonds. The highest BCUT2D eigenvalue weighted by Gasteiger charge is 2.14. The van der Waals surface area contributed by atoms with Gasteiger partial charge in [0.25, 0.3) is 0 Å². The topological polar surface area (TPSA) is 81.4 Å². The molecule has 0 aliphatic heterocycles. The highest BCUT2D eigenvalue weighted by atomic mass is 79.9. The van der Waals surface area contributed by atoms with E-state index in [9.17, 15) is 8.42 Å². The summed E-state index contributed by atoms with van der Waals surface area (Å²) in [5.41, 5.74) is 6.10. The molecule has 1 rings (SSSR count). The predicted molar refractivity (Wildman–Crippen MR) is 79.4 cm³/mol. The third-order valence-corrected chi connectivity index (χ3v) is 4.43. The van der Waals surface area contributed by atoms with E-state index in [1.165, 1.54) is 12.1 Å². The Morgan fingerprint density at radius 2 is 2.16 bits per heavy atom. The van der Waals surface area contributed by atoms with Gasteiger partial charge in [-0.15, -0.1) is 6.58 Å². The minimum Gasteiger partial charge on any atom is -0.398 e. The van der Waals surface area contributed by atoms with Crippen LogP contribution in [0, 0.1) is 0 Å². The number of halogens is 1. The van der Waals surface area contributed by atoms with Crippen molar-refractivity contribution < 1.29 is 13.2 Å². The van der Waals surface area contributed by atoms with Gasteiger partial charge in [-0.1, -0.05) is 6.08 Å². The van der Waals surface area contributed by atoms with Crippen molar-refractivity contribution in [2.75, 3.05) is 25.5 Å². The summed E-state index contributed by atoms with van der Waals surface area (Å²) in [5, 5.41) is 0. The number of benzene rings is 1. The molecule has 1 aromatic rings. The lowest BCUT2D eigenvalue weighted by molar-refractivity contribution is 0.144. The van der Waals surface area contributed by atoms with E-state index in [0.717, 1.165) is 6.42 Å². The van der Waals surface area contributed by atoms with E-state index in [-0.39, 0.29) is 11.4 Å². The Balaban J connectivity index is 2.51. The number of nitrogen functional groups attached to an aromatic ring is 1. The molecule has 7 heteroatoms. The fourth-order valence-corrected chi connectivity index (χ4v) is 2.84. The van der Waals surface area contributed by atoms with Crippen LogP contribution >= 0.6 is 15.9 Å². The summed E-state index contributed by atoms with van der Waals surface area (Å²) in [6.45, 7) is 4.65. The van der Waals surface area contributed by atoms with Crippen molar-refractivity contribution in [2.24, 2.45) is 0 Å². The lowest BCUT2D eigenvalue weighted by Crippen LogP contribution is -2.27. The van der Waals surface area contributed by atoms with E-state index in [2.05, 4.69) is 27.2 Å². The van der Waals surface area contributed by atoms with Gasteiger partial charge >= 0.3 is 0 Å². The SMILES string of the molecule is C=CCCOCCNS(=O)(=O)c1ccc(N)c(Br)c1. The first kappa shape index (κ1) is 16.2. The molecule has 106 valence electrons. The van der Waals surface area contributed by atoms with Crippen molar-refractivity contribution in [3.8, 4) is 0 Å². The lowest BCUT2D eigenvalue weighted by Gasteiger charge is -2.08. The minimum atomic E-state index is -3.53. The lowest BCUT2D eigenvalue weighted by atomic mass is 10.3. The summed E-state index contributed by atoms with van der Waals surface area (Å²) in [6.07, 6.45) is 2.49. The first-order valence-corrected chi connectivity index (χ1v) is 7.98. The largest absolute Gasteiger partial charge is 0.398 e. The molecule has 0 bridgehead atoms. The number of anilines is 1.